The highest BCUT2D eigenvalue weighted by molar-refractivity contribution is 5.73. The number of ether oxygens (including phenoxy) is 1. The summed E-state index contributed by atoms with van der Waals surface area (Å²) < 4.78 is 43.8. The van der Waals surface area contributed by atoms with Gasteiger partial charge in [-0.05, 0) is 60.9 Å². The smallest absolute Gasteiger partial charge is 0.416 e. The van der Waals surface area contributed by atoms with Crippen LogP contribution >= 0.6 is 0 Å². The van der Waals surface area contributed by atoms with Crippen molar-refractivity contribution in [3.05, 3.63) is 65.2 Å². The van der Waals surface area contributed by atoms with Crippen molar-refractivity contribution in [1.29, 1.82) is 0 Å². The van der Waals surface area contributed by atoms with Gasteiger partial charge in [-0.1, -0.05) is 82.7 Å². The number of aliphatic carboxylic acids is 1. The van der Waals surface area contributed by atoms with Gasteiger partial charge in [0.2, 0.25) is 0 Å². The molecular weight excluding hydrogens is 491 g/mol. The van der Waals surface area contributed by atoms with Crippen LogP contribution in [0.15, 0.2) is 48.5 Å². The minimum Gasteiger partial charge on any atom is -0.478 e. The molecular formula is C31H42F3NO3. The van der Waals surface area contributed by atoms with Gasteiger partial charge in [0.1, 0.15) is 5.75 Å². The monoisotopic (exact) mass is 533 g/mol. The number of hydrogen-bond donors (Lipinski definition) is 2. The second kappa shape index (κ2) is 14.6. The Hall–Kier alpha value is -2.54. The van der Waals surface area contributed by atoms with Crippen molar-refractivity contribution < 1.29 is 27.8 Å². The predicted octanol–water partition coefficient (Wildman–Crippen LogP) is 8.14. The fourth-order valence-corrected chi connectivity index (χ4v) is 5.24. The molecule has 4 rings (SSSR count). The highest BCUT2D eigenvalue weighted by atomic mass is 19.4. The Kier molecular flexibility index (Phi) is 11.5. The zero-order valence-electron chi connectivity index (χ0n) is 22.6. The number of carboxylic acids is 1. The molecule has 2 aromatic carbocycles. The van der Waals surface area contributed by atoms with E-state index in [9.17, 15) is 23.1 Å². The van der Waals surface area contributed by atoms with Crippen molar-refractivity contribution in [2.45, 2.75) is 115 Å². The van der Waals surface area contributed by atoms with Gasteiger partial charge in [-0.15, -0.1) is 0 Å². The van der Waals surface area contributed by atoms with E-state index in [4.69, 9.17) is 4.74 Å². The minimum absolute atomic E-state index is 0.162. The van der Waals surface area contributed by atoms with Crippen molar-refractivity contribution in [1.82, 2.24) is 5.32 Å². The number of carbonyl (C=O) groups is 1. The molecule has 0 heterocycles. The second-order valence-corrected chi connectivity index (χ2v) is 10.9. The molecule has 0 saturated heterocycles. The van der Waals surface area contributed by atoms with Crippen LogP contribution in [-0.4, -0.2) is 29.3 Å². The zero-order valence-corrected chi connectivity index (χ0v) is 22.6. The number of rotatable bonds is 8. The van der Waals surface area contributed by atoms with Crippen molar-refractivity contribution in [3.8, 4) is 5.75 Å². The Morgan fingerprint density at radius 2 is 1.47 bits per heavy atom. The molecule has 38 heavy (non-hydrogen) atoms. The maximum atomic E-state index is 12.8. The second-order valence-electron chi connectivity index (χ2n) is 10.9. The quantitative estimate of drug-likeness (QED) is 0.360. The van der Waals surface area contributed by atoms with Crippen molar-refractivity contribution >= 4 is 5.97 Å². The lowest BCUT2D eigenvalue weighted by molar-refractivity contribution is -0.145. The van der Waals surface area contributed by atoms with E-state index in [1.54, 1.807) is 12.1 Å². The molecule has 2 aromatic rings. The van der Waals surface area contributed by atoms with E-state index in [-0.39, 0.29) is 12.0 Å². The molecule has 210 valence electrons. The van der Waals surface area contributed by atoms with Gasteiger partial charge < -0.3 is 15.2 Å². The third-order valence-electron chi connectivity index (χ3n) is 7.46. The highest BCUT2D eigenvalue weighted by Gasteiger charge is 2.31. The molecule has 2 aliphatic carbocycles. The van der Waals surface area contributed by atoms with Gasteiger partial charge >= 0.3 is 12.1 Å². The number of nitrogens with one attached hydrogen (secondary N) is 1. The average Bonchev–Trinajstić information content (AvgIpc) is 2.90. The molecule has 0 amide bonds. The van der Waals surface area contributed by atoms with Gasteiger partial charge in [-0.25, -0.2) is 4.79 Å². The van der Waals surface area contributed by atoms with Crippen LogP contribution in [0.2, 0.25) is 0 Å². The summed E-state index contributed by atoms with van der Waals surface area (Å²) in [5.74, 6) is -0.538. The third kappa shape index (κ3) is 9.97. The summed E-state index contributed by atoms with van der Waals surface area (Å²) in [6.07, 6.45) is 8.66. The summed E-state index contributed by atoms with van der Waals surface area (Å²) in [5.41, 5.74) is 0.522. The van der Waals surface area contributed by atoms with Gasteiger partial charge in [0.05, 0.1) is 5.56 Å². The fraction of sp³-hybridized carbons (Fsp3) is 0.581. The van der Waals surface area contributed by atoms with Gasteiger partial charge in [0.25, 0.3) is 0 Å². The van der Waals surface area contributed by atoms with E-state index in [2.05, 4.69) is 5.32 Å². The summed E-state index contributed by atoms with van der Waals surface area (Å²) in [6, 6.07) is 13.4. The Morgan fingerprint density at radius 3 is 1.95 bits per heavy atom. The largest absolute Gasteiger partial charge is 0.478 e. The molecule has 0 aromatic heterocycles. The fourth-order valence-electron chi connectivity index (χ4n) is 5.24. The Balaban J connectivity index is 0.000000256. The van der Waals surface area contributed by atoms with Crippen LogP contribution in [0.5, 0.6) is 5.75 Å². The van der Waals surface area contributed by atoms with Crippen molar-refractivity contribution in [3.63, 3.8) is 0 Å². The Labute approximate surface area is 225 Å². The third-order valence-corrected chi connectivity index (χ3v) is 7.46. The summed E-state index contributed by atoms with van der Waals surface area (Å²) in [4.78, 5) is 11.4. The van der Waals surface area contributed by atoms with Gasteiger partial charge in [0, 0.05) is 18.5 Å². The Morgan fingerprint density at radius 1 is 0.921 bits per heavy atom. The molecule has 0 radical (unpaired) electrons. The summed E-state index contributed by atoms with van der Waals surface area (Å²) >= 11 is 0. The van der Waals surface area contributed by atoms with Crippen LogP contribution in [0, 0.1) is 0 Å². The Bertz CT molecular complexity index is 963. The lowest BCUT2D eigenvalue weighted by Crippen LogP contribution is -2.40. The van der Waals surface area contributed by atoms with Gasteiger partial charge in [-0.3, -0.25) is 0 Å². The molecule has 0 spiro atoms. The maximum absolute atomic E-state index is 12.8. The first kappa shape index (κ1) is 30.0. The number of hydrogen-bond acceptors (Lipinski definition) is 3. The first-order valence-electron chi connectivity index (χ1n) is 14.0. The van der Waals surface area contributed by atoms with Crippen LogP contribution in [0.25, 0.3) is 0 Å². The lowest BCUT2D eigenvalue weighted by atomic mass is 9.91. The molecule has 2 aliphatic rings. The lowest BCUT2D eigenvalue weighted by Gasteiger charge is -2.30. The molecule has 2 fully saturated rings. The molecule has 2 N–H and O–H groups in total. The summed E-state index contributed by atoms with van der Waals surface area (Å²) in [5, 5.41) is 13.2. The molecule has 1 atom stereocenters. The average molecular weight is 534 g/mol. The van der Waals surface area contributed by atoms with Gasteiger partial charge in [0.15, 0.2) is 6.10 Å². The SMILES string of the molecule is C1CCC(NC2CCCCC2)CC1.CC(C)c1ccc(OC(Cc2cccc(C(F)(F)F)c2)C(=O)O)cc1. The summed E-state index contributed by atoms with van der Waals surface area (Å²) in [6.45, 7) is 4.06. The minimum atomic E-state index is -4.47. The van der Waals surface area contributed by atoms with E-state index in [1.807, 2.05) is 26.0 Å². The first-order valence-corrected chi connectivity index (χ1v) is 14.0. The maximum Gasteiger partial charge on any atom is 0.416 e. The molecule has 7 heteroatoms. The molecule has 2 saturated carbocycles. The van der Waals surface area contributed by atoms with Crippen LogP contribution in [-0.2, 0) is 17.4 Å². The van der Waals surface area contributed by atoms with Crippen molar-refractivity contribution in [2.75, 3.05) is 0 Å². The van der Waals surface area contributed by atoms with Crippen LogP contribution in [0.3, 0.4) is 0 Å². The molecule has 1 unspecified atom stereocenters. The van der Waals surface area contributed by atoms with E-state index < -0.39 is 23.8 Å². The standard InChI is InChI=1S/C19H19F3O3.C12H23N/c1-12(2)14-6-8-16(9-7-14)25-17(18(23)24)11-13-4-3-5-15(10-13)19(20,21)22;1-3-7-11(8-4-1)13-12-9-5-2-6-10-12/h3-10,12,17H,11H2,1-2H3,(H,23,24);11-13H,1-10H2. The molecule has 0 bridgehead atoms. The van der Waals surface area contributed by atoms with Crippen LogP contribution < -0.4 is 10.1 Å². The van der Waals surface area contributed by atoms with E-state index >= 15 is 0 Å². The number of benzene rings is 2. The predicted molar refractivity (Wildman–Crippen MR) is 145 cm³/mol. The van der Waals surface area contributed by atoms with Gasteiger partial charge in [-0.2, -0.15) is 13.2 Å². The van der Waals surface area contributed by atoms with E-state index in [0.717, 1.165) is 29.8 Å². The van der Waals surface area contributed by atoms with E-state index in [1.165, 1.54) is 76.3 Å². The molecule has 0 aliphatic heterocycles. The normalized spacial score (nSPS) is 17.9. The van der Waals surface area contributed by atoms with Crippen LogP contribution in [0.1, 0.15) is 101 Å². The molecule has 4 nitrogen and oxygen atoms in total. The first-order chi connectivity index (χ1) is 18.1. The number of halogens is 3. The van der Waals surface area contributed by atoms with Crippen LogP contribution in [0.4, 0.5) is 13.2 Å². The number of carboxylic acid groups (broad SMARTS) is 1. The zero-order chi connectivity index (χ0) is 27.5. The van der Waals surface area contributed by atoms with E-state index in [0.29, 0.717) is 11.7 Å². The number of alkyl halides is 3. The van der Waals surface area contributed by atoms with Crippen molar-refractivity contribution in [2.24, 2.45) is 0 Å². The highest BCUT2D eigenvalue weighted by Crippen LogP contribution is 2.30. The topological polar surface area (TPSA) is 58.6 Å². The summed E-state index contributed by atoms with van der Waals surface area (Å²) in [7, 11) is 0.